The van der Waals surface area contributed by atoms with Crippen molar-refractivity contribution >= 4 is 5.91 Å². The van der Waals surface area contributed by atoms with Gasteiger partial charge >= 0.3 is 0 Å². The average Bonchev–Trinajstić information content (AvgIpc) is 3.32. The van der Waals surface area contributed by atoms with Gasteiger partial charge < -0.3 is 10.2 Å². The van der Waals surface area contributed by atoms with Crippen molar-refractivity contribution in [2.75, 3.05) is 19.6 Å². The zero-order valence-electron chi connectivity index (χ0n) is 14.9. The number of hydrogen-bond acceptors (Lipinski definition) is 2. The number of amides is 1. The van der Waals surface area contributed by atoms with Gasteiger partial charge in [-0.2, -0.15) is 0 Å². The summed E-state index contributed by atoms with van der Waals surface area (Å²) < 4.78 is 0. The molecule has 2 saturated heterocycles. The maximum atomic E-state index is 13.7. The Morgan fingerprint density at radius 3 is 2.84 bits per heavy atom. The second-order valence-electron chi connectivity index (χ2n) is 9.71. The molecule has 6 aliphatic rings. The van der Waals surface area contributed by atoms with Crippen molar-refractivity contribution < 1.29 is 4.79 Å². The molecular weight excluding hydrogens is 308 g/mol. The van der Waals surface area contributed by atoms with Crippen LogP contribution in [0, 0.1) is 23.2 Å². The van der Waals surface area contributed by atoms with E-state index in [9.17, 15) is 4.79 Å². The molecule has 1 amide bonds. The second kappa shape index (κ2) is 4.88. The van der Waals surface area contributed by atoms with Crippen LogP contribution in [0.3, 0.4) is 0 Å². The van der Waals surface area contributed by atoms with E-state index in [1.165, 1.54) is 37.7 Å². The van der Waals surface area contributed by atoms with E-state index in [4.69, 9.17) is 0 Å². The van der Waals surface area contributed by atoms with Crippen LogP contribution in [0.1, 0.15) is 44.1 Å². The monoisotopic (exact) mass is 336 g/mol. The van der Waals surface area contributed by atoms with E-state index in [1.54, 1.807) is 0 Å². The highest BCUT2D eigenvalue weighted by Gasteiger charge is 2.68. The lowest BCUT2D eigenvalue weighted by Crippen LogP contribution is -2.46. The van der Waals surface area contributed by atoms with Gasteiger partial charge in [-0.25, -0.2) is 0 Å². The van der Waals surface area contributed by atoms with Gasteiger partial charge in [-0.05, 0) is 73.8 Å². The van der Waals surface area contributed by atoms with Crippen molar-refractivity contribution in [1.82, 2.24) is 10.2 Å². The topological polar surface area (TPSA) is 32.3 Å². The largest absolute Gasteiger partial charge is 0.340 e. The zero-order valence-corrected chi connectivity index (χ0v) is 14.9. The molecule has 0 spiro atoms. The van der Waals surface area contributed by atoms with Gasteiger partial charge in [0.1, 0.15) is 0 Å². The molecule has 1 aromatic rings. The van der Waals surface area contributed by atoms with E-state index in [0.717, 1.165) is 32.0 Å². The molecule has 0 aromatic heterocycles. The SMILES string of the molecule is O=C(N1CC2CCNC2C1)C12CC3CC1CC(c1ccccc1)(C3)C2. The van der Waals surface area contributed by atoms with E-state index in [0.29, 0.717) is 23.8 Å². The summed E-state index contributed by atoms with van der Waals surface area (Å²) in [5.41, 5.74) is 1.76. The van der Waals surface area contributed by atoms with E-state index in [1.807, 2.05) is 0 Å². The Kier molecular flexibility index (Phi) is 2.88. The highest BCUT2D eigenvalue weighted by molar-refractivity contribution is 5.85. The Balaban J connectivity index is 1.32. The quantitative estimate of drug-likeness (QED) is 0.900. The minimum absolute atomic E-state index is 0.0304. The summed E-state index contributed by atoms with van der Waals surface area (Å²) in [6.07, 6.45) is 7.40. The number of nitrogens with zero attached hydrogens (tertiary/aromatic N) is 1. The molecule has 6 unspecified atom stereocenters. The maximum Gasteiger partial charge on any atom is 0.229 e. The van der Waals surface area contributed by atoms with Gasteiger partial charge in [0.25, 0.3) is 0 Å². The molecule has 1 aromatic carbocycles. The lowest BCUT2D eigenvalue weighted by molar-refractivity contribution is -0.143. The average molecular weight is 336 g/mol. The standard InChI is InChI=1S/C22H28N2O/c25-20(24-12-16-6-7-23-19(16)13-24)22-10-15-8-18(22)11-21(9-15,14-22)17-4-2-1-3-5-17/h1-5,15-16,18-19,23H,6-14H2. The third-order valence-electron chi connectivity index (χ3n) is 8.48. The fraction of sp³-hybridized carbons (Fsp3) is 0.682. The number of carbonyl (C=O) groups is 1. The summed E-state index contributed by atoms with van der Waals surface area (Å²) >= 11 is 0. The van der Waals surface area contributed by atoms with Crippen molar-refractivity contribution in [3.8, 4) is 0 Å². The molecule has 1 N–H and O–H groups in total. The van der Waals surface area contributed by atoms with Gasteiger partial charge in [-0.1, -0.05) is 30.3 Å². The van der Waals surface area contributed by atoms with Crippen LogP contribution >= 0.6 is 0 Å². The van der Waals surface area contributed by atoms with Crippen LogP contribution < -0.4 is 5.32 Å². The lowest BCUT2D eigenvalue weighted by atomic mass is 9.63. The van der Waals surface area contributed by atoms with Crippen LogP contribution in [0.25, 0.3) is 0 Å². The molecule has 4 saturated carbocycles. The molecule has 6 atom stereocenters. The van der Waals surface area contributed by atoms with E-state index in [2.05, 4.69) is 40.5 Å². The highest BCUT2D eigenvalue weighted by atomic mass is 16.2. The van der Waals surface area contributed by atoms with Crippen molar-refractivity contribution in [1.29, 1.82) is 0 Å². The minimum atomic E-state index is -0.0304. The first kappa shape index (κ1) is 14.8. The van der Waals surface area contributed by atoms with E-state index in [-0.39, 0.29) is 10.8 Å². The number of likely N-dealkylation sites (tertiary alicyclic amines) is 1. The zero-order chi connectivity index (χ0) is 16.6. The van der Waals surface area contributed by atoms with Crippen LogP contribution in [0.2, 0.25) is 0 Å². The fourth-order valence-corrected chi connectivity index (χ4v) is 7.70. The Bertz CT molecular complexity index is 706. The van der Waals surface area contributed by atoms with Crippen LogP contribution in [0.15, 0.2) is 30.3 Å². The highest BCUT2D eigenvalue weighted by Crippen LogP contribution is 2.71. The van der Waals surface area contributed by atoms with Gasteiger partial charge in [0.05, 0.1) is 5.41 Å². The summed E-state index contributed by atoms with van der Waals surface area (Å²) in [4.78, 5) is 16.0. The van der Waals surface area contributed by atoms with E-state index >= 15 is 0 Å². The summed E-state index contributed by atoms with van der Waals surface area (Å²) in [5, 5.41) is 3.61. The Hall–Kier alpha value is -1.35. The molecule has 4 aliphatic carbocycles. The third-order valence-corrected chi connectivity index (χ3v) is 8.48. The molecule has 25 heavy (non-hydrogen) atoms. The number of hydrogen-bond donors (Lipinski definition) is 1. The molecule has 2 aliphatic heterocycles. The normalized spacial score (nSPS) is 46.8. The summed E-state index contributed by atoms with van der Waals surface area (Å²) in [5.74, 6) is 2.64. The van der Waals surface area contributed by atoms with Crippen molar-refractivity contribution in [3.63, 3.8) is 0 Å². The van der Waals surface area contributed by atoms with Crippen molar-refractivity contribution in [2.45, 2.75) is 50.0 Å². The lowest BCUT2D eigenvalue weighted by Gasteiger charge is -2.42. The summed E-state index contributed by atoms with van der Waals surface area (Å²) in [7, 11) is 0. The first-order valence-electron chi connectivity index (χ1n) is 10.3. The van der Waals surface area contributed by atoms with Crippen LogP contribution in [0.5, 0.6) is 0 Å². The number of carbonyl (C=O) groups excluding carboxylic acids is 1. The predicted molar refractivity (Wildman–Crippen MR) is 97.1 cm³/mol. The fourth-order valence-electron chi connectivity index (χ4n) is 7.70. The molecule has 4 bridgehead atoms. The Morgan fingerprint density at radius 1 is 1.12 bits per heavy atom. The van der Waals surface area contributed by atoms with Crippen molar-refractivity contribution in [3.05, 3.63) is 35.9 Å². The smallest absolute Gasteiger partial charge is 0.229 e. The number of rotatable bonds is 2. The first-order chi connectivity index (χ1) is 12.2. The van der Waals surface area contributed by atoms with Crippen LogP contribution in [-0.2, 0) is 10.2 Å². The first-order valence-corrected chi connectivity index (χ1v) is 10.3. The molecule has 2 heterocycles. The number of fused-ring (bicyclic) bond motifs is 1. The van der Waals surface area contributed by atoms with E-state index < -0.39 is 0 Å². The molecular formula is C22H28N2O. The summed E-state index contributed by atoms with van der Waals surface area (Å²) in [6.45, 7) is 3.11. The molecule has 3 nitrogen and oxygen atoms in total. The maximum absolute atomic E-state index is 13.7. The third kappa shape index (κ3) is 1.88. The second-order valence-corrected chi connectivity index (χ2v) is 9.71. The minimum Gasteiger partial charge on any atom is -0.340 e. The van der Waals surface area contributed by atoms with Gasteiger partial charge in [-0.3, -0.25) is 4.79 Å². The molecule has 7 rings (SSSR count). The molecule has 132 valence electrons. The van der Waals surface area contributed by atoms with Crippen LogP contribution in [-0.4, -0.2) is 36.5 Å². The Labute approximate surface area is 150 Å². The van der Waals surface area contributed by atoms with Gasteiger partial charge in [0, 0.05) is 19.1 Å². The van der Waals surface area contributed by atoms with Crippen LogP contribution in [0.4, 0.5) is 0 Å². The van der Waals surface area contributed by atoms with Gasteiger partial charge in [0.15, 0.2) is 0 Å². The van der Waals surface area contributed by atoms with Gasteiger partial charge in [0.2, 0.25) is 5.91 Å². The molecule has 0 radical (unpaired) electrons. The molecule has 3 heteroatoms. The summed E-state index contributed by atoms with van der Waals surface area (Å²) in [6, 6.07) is 11.7. The number of benzene rings is 1. The predicted octanol–water partition coefficient (Wildman–Crippen LogP) is 2.95. The van der Waals surface area contributed by atoms with Crippen molar-refractivity contribution in [2.24, 2.45) is 23.2 Å². The van der Waals surface area contributed by atoms with Gasteiger partial charge in [-0.15, -0.1) is 0 Å². The number of nitrogens with one attached hydrogen (secondary N) is 1. The molecule has 6 fully saturated rings. The Morgan fingerprint density at radius 2 is 2.00 bits per heavy atom.